The molecule has 3 heterocycles. The smallest absolute Gasteiger partial charge is 0.260 e. The minimum absolute atomic E-state index is 0.0791. The van der Waals surface area contributed by atoms with Gasteiger partial charge < -0.3 is 14.5 Å². The van der Waals surface area contributed by atoms with Gasteiger partial charge in [-0.3, -0.25) is 9.78 Å². The van der Waals surface area contributed by atoms with Crippen LogP contribution < -0.4 is 10.5 Å². The molecule has 6 nitrogen and oxygen atoms in total. The van der Waals surface area contributed by atoms with Crippen molar-refractivity contribution in [3.8, 4) is 0 Å². The molecule has 0 unspecified atom stereocenters. The highest BCUT2D eigenvalue weighted by atomic mass is 16.5. The number of nitrogens with zero attached hydrogens (tertiary/aromatic N) is 3. The third-order valence-electron chi connectivity index (χ3n) is 6.63. The van der Waals surface area contributed by atoms with Gasteiger partial charge in [-0.15, -0.1) is 0 Å². The molecule has 2 aliphatic rings. The molecule has 3 aromatic rings. The van der Waals surface area contributed by atoms with E-state index in [1.54, 1.807) is 0 Å². The predicted octanol–water partition coefficient (Wildman–Crippen LogP) is 3.23. The van der Waals surface area contributed by atoms with Gasteiger partial charge in [-0.2, -0.15) is 0 Å². The molecule has 2 aromatic carbocycles. The van der Waals surface area contributed by atoms with Crippen LogP contribution in [0.2, 0.25) is 0 Å². The largest absolute Gasteiger partial charge is 0.368 e. The summed E-state index contributed by atoms with van der Waals surface area (Å²) in [5.41, 5.74) is 1.88. The summed E-state index contributed by atoms with van der Waals surface area (Å²) in [4.78, 5) is 25.1. The van der Waals surface area contributed by atoms with Crippen molar-refractivity contribution in [2.75, 3.05) is 37.6 Å². The molecule has 31 heavy (non-hydrogen) atoms. The summed E-state index contributed by atoms with van der Waals surface area (Å²) in [6.45, 7) is 6.78. The fourth-order valence-corrected chi connectivity index (χ4v) is 5.00. The Hall–Kier alpha value is -2.70. The van der Waals surface area contributed by atoms with Gasteiger partial charge >= 0.3 is 0 Å². The second-order valence-corrected chi connectivity index (χ2v) is 8.98. The second kappa shape index (κ2) is 8.44. The molecule has 5 rings (SSSR count). The molecule has 1 aromatic heterocycles. The van der Waals surface area contributed by atoms with E-state index in [0.29, 0.717) is 11.3 Å². The highest BCUT2D eigenvalue weighted by molar-refractivity contribution is 5.78. The fraction of sp³-hybridized carbons (Fsp3) is 0.440. The van der Waals surface area contributed by atoms with E-state index in [4.69, 9.17) is 9.72 Å². The van der Waals surface area contributed by atoms with Gasteiger partial charge in [0.25, 0.3) is 5.56 Å². The average Bonchev–Trinajstić information content (AvgIpc) is 2.79. The molecule has 162 valence electrons. The van der Waals surface area contributed by atoms with Crippen molar-refractivity contribution < 1.29 is 4.74 Å². The van der Waals surface area contributed by atoms with Crippen LogP contribution in [0.15, 0.2) is 59.4 Å². The van der Waals surface area contributed by atoms with Gasteiger partial charge in [0.2, 0.25) is 5.95 Å². The molecule has 1 N–H and O–H groups in total. The SMILES string of the molecule is C[C@@H]1CN(c2nc3ccccc3c(=O)[nH]2)CC2(CCN(CCc3ccccc3)CC2)O1. The van der Waals surface area contributed by atoms with Crippen molar-refractivity contribution in [1.82, 2.24) is 14.9 Å². The number of aromatic nitrogens is 2. The topological polar surface area (TPSA) is 61.5 Å². The molecule has 6 heteroatoms. The number of ether oxygens (including phenoxy) is 1. The van der Waals surface area contributed by atoms with Crippen LogP contribution in [0.1, 0.15) is 25.3 Å². The number of nitrogens with one attached hydrogen (secondary N) is 1. The first-order chi connectivity index (χ1) is 15.1. The van der Waals surface area contributed by atoms with E-state index in [0.717, 1.165) is 57.5 Å². The Bertz CT molecular complexity index is 1090. The molecule has 0 bridgehead atoms. The summed E-state index contributed by atoms with van der Waals surface area (Å²) < 4.78 is 6.51. The molecule has 2 fully saturated rings. The zero-order chi connectivity index (χ0) is 21.3. The number of hydrogen-bond acceptors (Lipinski definition) is 5. The monoisotopic (exact) mass is 418 g/mol. The van der Waals surface area contributed by atoms with E-state index in [1.165, 1.54) is 5.56 Å². The number of aromatic amines is 1. The average molecular weight is 419 g/mol. The fourth-order valence-electron chi connectivity index (χ4n) is 5.00. The molecular formula is C25H30N4O2. The Labute approximate surface area is 182 Å². The van der Waals surface area contributed by atoms with E-state index in [2.05, 4.69) is 52.0 Å². The van der Waals surface area contributed by atoms with E-state index in [9.17, 15) is 4.79 Å². The molecule has 0 radical (unpaired) electrons. The summed E-state index contributed by atoms with van der Waals surface area (Å²) in [5.74, 6) is 0.657. The lowest BCUT2D eigenvalue weighted by Crippen LogP contribution is -2.59. The number of hydrogen-bond donors (Lipinski definition) is 1. The molecule has 0 amide bonds. The number of morpholine rings is 1. The molecule has 2 saturated heterocycles. The lowest BCUT2D eigenvalue weighted by atomic mass is 9.88. The van der Waals surface area contributed by atoms with Crippen molar-refractivity contribution in [3.63, 3.8) is 0 Å². The van der Waals surface area contributed by atoms with Crippen molar-refractivity contribution in [2.45, 2.75) is 37.9 Å². The lowest BCUT2D eigenvalue weighted by molar-refractivity contribution is -0.127. The van der Waals surface area contributed by atoms with Gasteiger partial charge in [0.15, 0.2) is 0 Å². The number of anilines is 1. The molecular weight excluding hydrogens is 388 g/mol. The maximum Gasteiger partial charge on any atom is 0.260 e. The quantitative estimate of drug-likeness (QED) is 0.705. The zero-order valence-corrected chi connectivity index (χ0v) is 18.1. The van der Waals surface area contributed by atoms with Gasteiger partial charge in [0.05, 0.1) is 29.2 Å². The number of likely N-dealkylation sites (tertiary alicyclic amines) is 1. The maximum atomic E-state index is 12.6. The number of piperidine rings is 1. The standard InChI is InChI=1S/C25H30N4O2/c1-19-17-29(24-26-22-10-6-5-9-21(22)23(30)27-24)18-25(31-19)12-15-28(16-13-25)14-11-20-7-3-2-4-8-20/h2-10,19H,11-18H2,1H3,(H,26,27,30)/t19-/m1/s1. The predicted molar refractivity (Wildman–Crippen MR) is 124 cm³/mol. The van der Waals surface area contributed by atoms with E-state index in [-0.39, 0.29) is 17.3 Å². The molecule has 2 aliphatic heterocycles. The van der Waals surface area contributed by atoms with Crippen LogP contribution in [0.3, 0.4) is 0 Å². The Morgan fingerprint density at radius 2 is 1.84 bits per heavy atom. The Morgan fingerprint density at radius 1 is 1.10 bits per heavy atom. The van der Waals surface area contributed by atoms with Crippen LogP contribution in [0.5, 0.6) is 0 Å². The van der Waals surface area contributed by atoms with Crippen molar-refractivity contribution >= 4 is 16.9 Å². The number of benzene rings is 2. The minimum Gasteiger partial charge on any atom is -0.368 e. The number of para-hydroxylation sites is 1. The molecule has 0 saturated carbocycles. The van der Waals surface area contributed by atoms with E-state index in [1.807, 2.05) is 24.3 Å². The number of H-pyrrole nitrogens is 1. The summed E-state index contributed by atoms with van der Waals surface area (Å²) in [7, 11) is 0. The maximum absolute atomic E-state index is 12.6. The van der Waals surface area contributed by atoms with Gasteiger partial charge in [-0.1, -0.05) is 42.5 Å². The number of fused-ring (bicyclic) bond motifs is 1. The molecule has 0 aliphatic carbocycles. The van der Waals surface area contributed by atoms with Gasteiger partial charge in [-0.05, 0) is 43.9 Å². The van der Waals surface area contributed by atoms with Gasteiger partial charge in [-0.25, -0.2) is 4.98 Å². The van der Waals surface area contributed by atoms with E-state index < -0.39 is 0 Å². The Balaban J connectivity index is 1.27. The first-order valence-corrected chi connectivity index (χ1v) is 11.3. The Morgan fingerprint density at radius 3 is 2.65 bits per heavy atom. The van der Waals surface area contributed by atoms with Crippen LogP contribution in [0, 0.1) is 0 Å². The second-order valence-electron chi connectivity index (χ2n) is 8.98. The van der Waals surface area contributed by atoms with Crippen LogP contribution >= 0.6 is 0 Å². The third-order valence-corrected chi connectivity index (χ3v) is 6.63. The first-order valence-electron chi connectivity index (χ1n) is 11.3. The highest BCUT2D eigenvalue weighted by Gasteiger charge is 2.42. The van der Waals surface area contributed by atoms with Crippen LogP contribution in [0.4, 0.5) is 5.95 Å². The molecule has 1 atom stereocenters. The lowest BCUT2D eigenvalue weighted by Gasteiger charge is -2.49. The minimum atomic E-state index is -0.175. The van der Waals surface area contributed by atoms with Crippen molar-refractivity contribution in [1.29, 1.82) is 0 Å². The van der Waals surface area contributed by atoms with Crippen molar-refractivity contribution in [2.24, 2.45) is 0 Å². The first kappa shape index (κ1) is 20.2. The number of rotatable bonds is 4. The van der Waals surface area contributed by atoms with Crippen LogP contribution in [0.25, 0.3) is 10.9 Å². The normalized spacial score (nSPS) is 21.6. The van der Waals surface area contributed by atoms with Gasteiger partial charge in [0, 0.05) is 26.2 Å². The zero-order valence-electron chi connectivity index (χ0n) is 18.1. The summed E-state index contributed by atoms with van der Waals surface area (Å²) >= 11 is 0. The van der Waals surface area contributed by atoms with E-state index >= 15 is 0 Å². The van der Waals surface area contributed by atoms with Crippen LogP contribution in [-0.2, 0) is 11.2 Å². The van der Waals surface area contributed by atoms with Crippen LogP contribution in [-0.4, -0.2) is 59.3 Å². The summed E-state index contributed by atoms with van der Waals surface area (Å²) in [5, 5.41) is 0.633. The van der Waals surface area contributed by atoms with Gasteiger partial charge in [0.1, 0.15) is 0 Å². The van der Waals surface area contributed by atoms with Crippen molar-refractivity contribution in [3.05, 3.63) is 70.5 Å². The summed E-state index contributed by atoms with van der Waals surface area (Å²) in [6.07, 6.45) is 3.18. The summed E-state index contributed by atoms with van der Waals surface area (Å²) in [6, 6.07) is 18.2. The Kier molecular flexibility index (Phi) is 5.50. The third kappa shape index (κ3) is 4.36. The molecule has 1 spiro atoms. The highest BCUT2D eigenvalue weighted by Crippen LogP contribution is 2.33.